The molecule has 0 radical (unpaired) electrons. The van der Waals surface area contributed by atoms with E-state index < -0.39 is 11.6 Å². The van der Waals surface area contributed by atoms with Crippen LogP contribution < -0.4 is 0 Å². The van der Waals surface area contributed by atoms with Crippen LogP contribution in [0.5, 0.6) is 0 Å². The predicted octanol–water partition coefficient (Wildman–Crippen LogP) is 3.85. The van der Waals surface area contributed by atoms with E-state index in [1.54, 1.807) is 0 Å². The highest BCUT2D eigenvalue weighted by molar-refractivity contribution is 7.12. The van der Waals surface area contributed by atoms with Crippen LogP contribution >= 0.6 is 22.7 Å². The van der Waals surface area contributed by atoms with E-state index in [1.165, 1.54) is 35.8 Å². The smallest absolute Gasteiger partial charge is 0.349 e. The van der Waals surface area contributed by atoms with Gasteiger partial charge in [0.05, 0.1) is 29.4 Å². The molecule has 5 rings (SSSR count). The molecular weight excluding hydrogens is 378 g/mol. The third-order valence-corrected chi connectivity index (χ3v) is 8.06. The van der Waals surface area contributed by atoms with Crippen LogP contribution in [0.4, 0.5) is 0 Å². The third-order valence-electron chi connectivity index (χ3n) is 6.10. The van der Waals surface area contributed by atoms with Gasteiger partial charge in [-0.25, -0.2) is 4.79 Å². The van der Waals surface area contributed by atoms with Gasteiger partial charge in [-0.3, -0.25) is 0 Å². The van der Waals surface area contributed by atoms with Gasteiger partial charge in [0.15, 0.2) is 6.10 Å². The fourth-order valence-corrected chi connectivity index (χ4v) is 6.61. The number of rotatable bonds is 6. The molecule has 1 atom stereocenters. The number of piperidine rings is 3. The first-order valence-corrected chi connectivity index (χ1v) is 11.6. The van der Waals surface area contributed by atoms with Crippen molar-refractivity contribution >= 4 is 28.6 Å². The molecule has 0 aliphatic carbocycles. The summed E-state index contributed by atoms with van der Waals surface area (Å²) in [6.07, 6.45) is 2.13. The van der Waals surface area contributed by atoms with Gasteiger partial charge in [-0.15, -0.1) is 22.7 Å². The Bertz CT molecular complexity index is 727. The molecule has 0 unspecified atom stereocenters. The summed E-state index contributed by atoms with van der Waals surface area (Å²) in [5.74, 6) is 0.538. The Labute approximate surface area is 169 Å². The van der Waals surface area contributed by atoms with Gasteiger partial charge in [0, 0.05) is 24.7 Å². The second-order valence-corrected chi connectivity index (χ2v) is 10.4. The molecule has 146 valence electrons. The first kappa shape index (κ1) is 19.1. The van der Waals surface area contributed by atoms with E-state index in [4.69, 9.17) is 4.74 Å². The van der Waals surface area contributed by atoms with E-state index in [1.807, 2.05) is 35.0 Å². The number of hydrogen-bond donors (Lipinski definition) is 1. The molecule has 0 spiro atoms. The molecule has 3 saturated heterocycles. The Morgan fingerprint density at radius 3 is 2.30 bits per heavy atom. The molecule has 6 heteroatoms. The van der Waals surface area contributed by atoms with Crippen LogP contribution in [0, 0.1) is 11.8 Å². The van der Waals surface area contributed by atoms with E-state index in [0.29, 0.717) is 21.6 Å². The highest BCUT2D eigenvalue weighted by Gasteiger charge is 2.51. The second-order valence-electron chi connectivity index (χ2n) is 8.49. The third kappa shape index (κ3) is 3.48. The van der Waals surface area contributed by atoms with Gasteiger partial charge in [-0.2, -0.15) is 0 Å². The SMILES string of the molecule is CC(C)C[N+]12CCC(CC1)[C@@H](OC(=O)C(O)(c1cccs1)c1cccs1)C2. The summed E-state index contributed by atoms with van der Waals surface area (Å²) in [7, 11) is 0. The van der Waals surface area contributed by atoms with E-state index in [-0.39, 0.29) is 6.10 Å². The highest BCUT2D eigenvalue weighted by Crippen LogP contribution is 2.40. The molecule has 4 nitrogen and oxygen atoms in total. The number of fused-ring (bicyclic) bond motifs is 3. The van der Waals surface area contributed by atoms with Gasteiger partial charge >= 0.3 is 5.97 Å². The number of carbonyl (C=O) groups is 1. The lowest BCUT2D eigenvalue weighted by Crippen LogP contribution is -2.65. The molecule has 3 aliphatic heterocycles. The minimum atomic E-state index is -1.70. The number of esters is 1. The molecular formula is C21H28NO3S2+. The fourth-order valence-electron chi connectivity index (χ4n) is 4.90. The Balaban J connectivity index is 1.57. The molecule has 3 fully saturated rings. The van der Waals surface area contributed by atoms with Crippen LogP contribution in [0.15, 0.2) is 35.0 Å². The molecule has 1 N–H and O–H groups in total. The zero-order valence-electron chi connectivity index (χ0n) is 16.0. The van der Waals surface area contributed by atoms with Crippen molar-refractivity contribution in [3.05, 3.63) is 44.8 Å². The maximum atomic E-state index is 13.3. The van der Waals surface area contributed by atoms with Crippen molar-refractivity contribution in [2.45, 2.75) is 38.4 Å². The van der Waals surface area contributed by atoms with E-state index in [9.17, 15) is 9.90 Å². The van der Waals surface area contributed by atoms with Crippen molar-refractivity contribution in [1.29, 1.82) is 0 Å². The van der Waals surface area contributed by atoms with Crippen LogP contribution in [-0.4, -0.2) is 47.8 Å². The van der Waals surface area contributed by atoms with Crippen LogP contribution in [0.2, 0.25) is 0 Å². The van der Waals surface area contributed by atoms with Gasteiger partial charge in [-0.05, 0) is 22.9 Å². The zero-order valence-corrected chi connectivity index (χ0v) is 17.6. The van der Waals surface area contributed by atoms with Gasteiger partial charge in [0.2, 0.25) is 5.60 Å². The maximum absolute atomic E-state index is 13.3. The van der Waals surface area contributed by atoms with Crippen molar-refractivity contribution in [3.63, 3.8) is 0 Å². The zero-order chi connectivity index (χ0) is 19.1. The molecule has 5 heterocycles. The Morgan fingerprint density at radius 2 is 1.81 bits per heavy atom. The van der Waals surface area contributed by atoms with Crippen molar-refractivity contribution in [1.82, 2.24) is 0 Å². The number of nitrogens with zero attached hydrogens (tertiary/aromatic N) is 1. The summed E-state index contributed by atoms with van der Waals surface area (Å²) in [4.78, 5) is 14.5. The quantitative estimate of drug-likeness (QED) is 0.585. The lowest BCUT2D eigenvalue weighted by atomic mass is 9.82. The minimum absolute atomic E-state index is 0.0924. The lowest BCUT2D eigenvalue weighted by molar-refractivity contribution is -0.948. The number of hydrogen-bond acceptors (Lipinski definition) is 5. The number of thiophene rings is 2. The summed E-state index contributed by atoms with van der Waals surface area (Å²) >= 11 is 2.79. The van der Waals surface area contributed by atoms with Crippen molar-refractivity contribution < 1.29 is 19.1 Å². The standard InChI is InChI=1S/C21H28NO3S2/c1-15(2)13-22-9-7-16(8-10-22)17(14-22)25-20(23)21(24,18-5-3-11-26-18)19-6-4-12-27-19/h3-6,11-12,15-17,24H,7-10,13-14H2,1-2H3/q+1/t16?,17-,22?/m0/s1. The van der Waals surface area contributed by atoms with E-state index in [2.05, 4.69) is 13.8 Å². The molecule has 27 heavy (non-hydrogen) atoms. The van der Waals surface area contributed by atoms with Gasteiger partial charge < -0.3 is 14.3 Å². The largest absolute Gasteiger partial charge is 0.453 e. The summed E-state index contributed by atoms with van der Waals surface area (Å²) in [6, 6.07) is 7.36. The first-order chi connectivity index (χ1) is 12.9. The molecule has 2 aromatic heterocycles. The highest BCUT2D eigenvalue weighted by atomic mass is 32.1. The average molecular weight is 407 g/mol. The summed E-state index contributed by atoms with van der Waals surface area (Å²) in [5.41, 5.74) is -1.70. The maximum Gasteiger partial charge on any atom is 0.349 e. The number of ether oxygens (including phenoxy) is 1. The van der Waals surface area contributed by atoms with E-state index in [0.717, 1.165) is 30.4 Å². The topological polar surface area (TPSA) is 46.5 Å². The summed E-state index contributed by atoms with van der Waals surface area (Å²) in [6.45, 7) is 8.94. The number of carbonyl (C=O) groups excluding carboxylic acids is 1. The second kappa shape index (κ2) is 7.32. The number of quaternary nitrogens is 1. The minimum Gasteiger partial charge on any atom is -0.453 e. The summed E-state index contributed by atoms with van der Waals surface area (Å²) in [5, 5.41) is 15.2. The Hall–Kier alpha value is -1.21. The first-order valence-electron chi connectivity index (χ1n) is 9.79. The molecule has 3 aliphatic rings. The molecule has 0 amide bonds. The molecule has 2 aromatic rings. The molecule has 0 saturated carbocycles. The molecule has 0 aromatic carbocycles. The van der Waals surface area contributed by atoms with Crippen LogP contribution in [-0.2, 0) is 15.1 Å². The lowest BCUT2D eigenvalue weighted by Gasteiger charge is -2.53. The van der Waals surface area contributed by atoms with Crippen molar-refractivity contribution in [2.24, 2.45) is 11.8 Å². The average Bonchev–Trinajstić information content (AvgIpc) is 3.35. The normalized spacial score (nSPS) is 27.9. The van der Waals surface area contributed by atoms with Crippen LogP contribution in [0.25, 0.3) is 0 Å². The monoisotopic (exact) mass is 406 g/mol. The van der Waals surface area contributed by atoms with Gasteiger partial charge in [0.1, 0.15) is 6.54 Å². The van der Waals surface area contributed by atoms with E-state index >= 15 is 0 Å². The predicted molar refractivity (Wildman–Crippen MR) is 109 cm³/mol. The Kier molecular flexibility index (Phi) is 5.18. The fraction of sp³-hybridized carbons (Fsp3) is 0.571. The summed E-state index contributed by atoms with van der Waals surface area (Å²) < 4.78 is 7.11. The van der Waals surface area contributed by atoms with Crippen molar-refractivity contribution in [2.75, 3.05) is 26.2 Å². The van der Waals surface area contributed by atoms with Gasteiger partial charge in [0.25, 0.3) is 0 Å². The van der Waals surface area contributed by atoms with Crippen LogP contribution in [0.3, 0.4) is 0 Å². The van der Waals surface area contributed by atoms with Gasteiger partial charge in [-0.1, -0.05) is 26.0 Å². The van der Waals surface area contributed by atoms with Crippen molar-refractivity contribution in [3.8, 4) is 0 Å². The molecule has 2 bridgehead atoms. The van der Waals surface area contributed by atoms with Crippen LogP contribution in [0.1, 0.15) is 36.4 Å². The Morgan fingerprint density at radius 1 is 1.22 bits per heavy atom. The number of aliphatic hydroxyl groups is 1.